The molecule has 0 aromatic heterocycles. The fourth-order valence-electron chi connectivity index (χ4n) is 2.24. The molecule has 2 rings (SSSR count). The fraction of sp³-hybridized carbons (Fsp3) is 0.467. The van der Waals surface area contributed by atoms with E-state index in [1.165, 1.54) is 28.2 Å². The molecule has 1 aliphatic rings. The molecule has 0 saturated carbocycles. The molecule has 1 N–H and O–H groups in total. The smallest absolute Gasteiger partial charge is 0.243 e. The topological polar surface area (TPSA) is 69.7 Å². The second kappa shape index (κ2) is 8.28. The summed E-state index contributed by atoms with van der Waals surface area (Å²) in [6, 6.07) is 6.27. The standard InChI is InChI=1S/C15H21N3O3S3/c1-17(2)15(22)23-11-14(19)16-12-5-7-13(8-6-12)24(20,21)18-9-3-4-10-18/h5-8H,3-4,9-11H2,1-2H3,(H,16,19). The van der Waals surface area contributed by atoms with E-state index in [4.69, 9.17) is 12.2 Å². The lowest BCUT2D eigenvalue weighted by atomic mass is 10.3. The zero-order valence-electron chi connectivity index (χ0n) is 13.7. The van der Waals surface area contributed by atoms with Crippen molar-refractivity contribution in [3.63, 3.8) is 0 Å². The van der Waals surface area contributed by atoms with E-state index >= 15 is 0 Å². The highest BCUT2D eigenvalue weighted by molar-refractivity contribution is 8.23. The summed E-state index contributed by atoms with van der Waals surface area (Å²) in [6.45, 7) is 1.15. The molecule has 0 spiro atoms. The number of amides is 1. The Morgan fingerprint density at radius 2 is 1.83 bits per heavy atom. The van der Waals surface area contributed by atoms with Crippen molar-refractivity contribution in [2.45, 2.75) is 17.7 Å². The van der Waals surface area contributed by atoms with Crippen LogP contribution in [0.5, 0.6) is 0 Å². The second-order valence-electron chi connectivity index (χ2n) is 5.63. The maximum absolute atomic E-state index is 12.4. The summed E-state index contributed by atoms with van der Waals surface area (Å²) in [7, 11) is 0.231. The van der Waals surface area contributed by atoms with Gasteiger partial charge in [0, 0.05) is 32.9 Å². The van der Waals surface area contributed by atoms with Crippen LogP contribution in [0.1, 0.15) is 12.8 Å². The Hall–Kier alpha value is -1.16. The predicted molar refractivity (Wildman–Crippen MR) is 102 cm³/mol. The lowest BCUT2D eigenvalue weighted by Gasteiger charge is -2.16. The molecule has 0 unspecified atom stereocenters. The minimum absolute atomic E-state index is 0.181. The third kappa shape index (κ3) is 4.92. The minimum atomic E-state index is -3.42. The van der Waals surface area contributed by atoms with Crippen molar-refractivity contribution in [1.82, 2.24) is 9.21 Å². The second-order valence-corrected chi connectivity index (χ2v) is 9.18. The van der Waals surface area contributed by atoms with E-state index in [1.54, 1.807) is 17.0 Å². The van der Waals surface area contributed by atoms with E-state index in [1.807, 2.05) is 14.1 Å². The number of anilines is 1. The van der Waals surface area contributed by atoms with Gasteiger partial charge in [-0.3, -0.25) is 4.79 Å². The lowest BCUT2D eigenvalue weighted by molar-refractivity contribution is -0.113. The van der Waals surface area contributed by atoms with Crippen LogP contribution in [0.4, 0.5) is 5.69 Å². The highest BCUT2D eigenvalue weighted by atomic mass is 32.2. The molecule has 0 aliphatic carbocycles. The molecule has 24 heavy (non-hydrogen) atoms. The molecular formula is C15H21N3O3S3. The number of rotatable bonds is 5. The number of benzene rings is 1. The SMILES string of the molecule is CN(C)C(=S)SCC(=O)Nc1ccc(S(=O)(=O)N2CCCC2)cc1. The fourth-order valence-corrected chi connectivity index (χ4v) is 4.52. The van der Waals surface area contributed by atoms with Gasteiger partial charge in [0.1, 0.15) is 4.32 Å². The first kappa shape index (κ1) is 19.2. The zero-order chi connectivity index (χ0) is 17.7. The van der Waals surface area contributed by atoms with Gasteiger partial charge < -0.3 is 10.2 Å². The van der Waals surface area contributed by atoms with Crippen LogP contribution >= 0.6 is 24.0 Å². The Labute approximate surface area is 152 Å². The zero-order valence-corrected chi connectivity index (χ0v) is 16.1. The molecular weight excluding hydrogens is 366 g/mol. The molecule has 1 saturated heterocycles. The first-order chi connectivity index (χ1) is 11.3. The van der Waals surface area contributed by atoms with Crippen LogP contribution in [-0.4, -0.2) is 60.8 Å². The molecule has 1 aromatic rings. The van der Waals surface area contributed by atoms with Crippen LogP contribution in [0, 0.1) is 0 Å². The molecule has 132 valence electrons. The molecule has 1 heterocycles. The van der Waals surface area contributed by atoms with Crippen molar-refractivity contribution in [2.24, 2.45) is 0 Å². The number of carbonyl (C=O) groups is 1. The van der Waals surface area contributed by atoms with E-state index in [0.29, 0.717) is 23.1 Å². The van der Waals surface area contributed by atoms with Gasteiger partial charge in [0.2, 0.25) is 15.9 Å². The van der Waals surface area contributed by atoms with Crippen LogP contribution in [0.25, 0.3) is 0 Å². The first-order valence-electron chi connectivity index (χ1n) is 7.55. The van der Waals surface area contributed by atoms with E-state index in [9.17, 15) is 13.2 Å². The monoisotopic (exact) mass is 387 g/mol. The maximum Gasteiger partial charge on any atom is 0.243 e. The van der Waals surface area contributed by atoms with Crippen molar-refractivity contribution in [1.29, 1.82) is 0 Å². The van der Waals surface area contributed by atoms with Crippen LogP contribution in [-0.2, 0) is 14.8 Å². The number of carbonyl (C=O) groups excluding carboxylic acids is 1. The number of thiocarbonyl (C=S) groups is 1. The van der Waals surface area contributed by atoms with Gasteiger partial charge in [0.05, 0.1) is 10.6 Å². The summed E-state index contributed by atoms with van der Waals surface area (Å²) in [6.07, 6.45) is 1.81. The number of sulfonamides is 1. The van der Waals surface area contributed by atoms with Gasteiger partial charge in [0.15, 0.2) is 0 Å². The Morgan fingerprint density at radius 3 is 2.38 bits per heavy atom. The molecule has 0 atom stereocenters. The van der Waals surface area contributed by atoms with Crippen molar-refractivity contribution in [3.8, 4) is 0 Å². The van der Waals surface area contributed by atoms with Gasteiger partial charge in [-0.25, -0.2) is 8.42 Å². The molecule has 0 bridgehead atoms. The third-order valence-corrected chi connectivity index (χ3v) is 7.18. The van der Waals surface area contributed by atoms with Crippen molar-refractivity contribution in [2.75, 3.05) is 38.3 Å². The van der Waals surface area contributed by atoms with Gasteiger partial charge in [-0.15, -0.1) is 0 Å². The average Bonchev–Trinajstić information content (AvgIpc) is 3.08. The van der Waals surface area contributed by atoms with Crippen molar-refractivity contribution >= 4 is 49.9 Å². The Kier molecular flexibility index (Phi) is 6.62. The van der Waals surface area contributed by atoms with Crippen LogP contribution in [0.15, 0.2) is 29.2 Å². The van der Waals surface area contributed by atoms with Crippen molar-refractivity contribution < 1.29 is 13.2 Å². The molecule has 9 heteroatoms. The summed E-state index contributed by atoms with van der Waals surface area (Å²) >= 11 is 6.39. The summed E-state index contributed by atoms with van der Waals surface area (Å²) in [4.78, 5) is 13.9. The molecule has 0 radical (unpaired) electrons. The Balaban J connectivity index is 1.94. The number of nitrogens with one attached hydrogen (secondary N) is 1. The number of hydrogen-bond acceptors (Lipinski definition) is 5. The molecule has 1 amide bonds. The first-order valence-corrected chi connectivity index (χ1v) is 10.4. The summed E-state index contributed by atoms with van der Waals surface area (Å²) in [5, 5.41) is 2.74. The summed E-state index contributed by atoms with van der Waals surface area (Å²) < 4.78 is 27.0. The minimum Gasteiger partial charge on any atom is -0.364 e. The number of thioether (sulfide) groups is 1. The van der Waals surface area contributed by atoms with Crippen LogP contribution < -0.4 is 5.32 Å². The maximum atomic E-state index is 12.4. The average molecular weight is 388 g/mol. The Bertz CT molecular complexity index is 696. The van der Waals surface area contributed by atoms with E-state index in [-0.39, 0.29) is 16.6 Å². The molecule has 6 nitrogen and oxygen atoms in total. The summed E-state index contributed by atoms with van der Waals surface area (Å²) in [5.41, 5.74) is 0.566. The van der Waals surface area contributed by atoms with Gasteiger partial charge in [0.25, 0.3) is 0 Å². The molecule has 1 aliphatic heterocycles. The molecule has 1 aromatic carbocycles. The van der Waals surface area contributed by atoms with E-state index < -0.39 is 10.0 Å². The molecule has 1 fully saturated rings. The number of hydrogen-bond donors (Lipinski definition) is 1. The normalized spacial score (nSPS) is 15.2. The van der Waals surface area contributed by atoms with Gasteiger partial charge in [-0.2, -0.15) is 4.31 Å². The largest absolute Gasteiger partial charge is 0.364 e. The highest BCUT2D eigenvalue weighted by Crippen LogP contribution is 2.22. The highest BCUT2D eigenvalue weighted by Gasteiger charge is 2.26. The summed E-state index contributed by atoms with van der Waals surface area (Å²) in [5.74, 6) is 0.0320. The quantitative estimate of drug-likeness (QED) is 0.779. The van der Waals surface area contributed by atoms with Crippen LogP contribution in [0.3, 0.4) is 0 Å². The van der Waals surface area contributed by atoms with Gasteiger partial charge in [-0.1, -0.05) is 24.0 Å². The van der Waals surface area contributed by atoms with E-state index in [2.05, 4.69) is 5.32 Å². The number of nitrogens with zero attached hydrogens (tertiary/aromatic N) is 2. The van der Waals surface area contributed by atoms with Crippen molar-refractivity contribution in [3.05, 3.63) is 24.3 Å². The Morgan fingerprint density at radius 1 is 1.25 bits per heavy atom. The van der Waals surface area contributed by atoms with Crippen LogP contribution in [0.2, 0.25) is 0 Å². The lowest BCUT2D eigenvalue weighted by Crippen LogP contribution is -2.27. The third-order valence-electron chi connectivity index (χ3n) is 3.53. The van der Waals surface area contributed by atoms with Gasteiger partial charge >= 0.3 is 0 Å². The van der Waals surface area contributed by atoms with Gasteiger partial charge in [-0.05, 0) is 37.1 Å². The predicted octanol–water partition coefficient (Wildman–Crippen LogP) is 1.99. The van der Waals surface area contributed by atoms with E-state index in [0.717, 1.165) is 12.8 Å².